The molecule has 0 rings (SSSR count). The summed E-state index contributed by atoms with van der Waals surface area (Å²) >= 11 is 12.1. The van der Waals surface area contributed by atoms with Crippen LogP contribution in [0.5, 0.6) is 0 Å². The van der Waals surface area contributed by atoms with Gasteiger partial charge in [0, 0.05) is 117 Å². The summed E-state index contributed by atoms with van der Waals surface area (Å²) in [6.07, 6.45) is 6.46. The van der Waals surface area contributed by atoms with Gasteiger partial charge in [0.05, 0.1) is 6.04 Å². The summed E-state index contributed by atoms with van der Waals surface area (Å²) in [6.45, 7) is 3.73. The zero-order valence-electron chi connectivity index (χ0n) is 23.2. The maximum absolute atomic E-state index is 11.8. The molecule has 0 aromatic carbocycles. The van der Waals surface area contributed by atoms with E-state index in [1.807, 2.05) is 54.9 Å². The van der Waals surface area contributed by atoms with E-state index in [4.69, 9.17) is 0 Å². The van der Waals surface area contributed by atoms with Crippen molar-refractivity contribution in [2.75, 3.05) is 66.6 Å². The summed E-state index contributed by atoms with van der Waals surface area (Å²) in [6, 6.07) is -0.532. The van der Waals surface area contributed by atoms with E-state index >= 15 is 0 Å². The molecule has 0 bridgehead atoms. The Morgan fingerprint density at radius 2 is 1.17 bits per heavy atom. The molecule has 0 saturated carbocycles. The molecule has 0 fully saturated rings. The summed E-state index contributed by atoms with van der Waals surface area (Å²) in [5.74, 6) is 1.44. The van der Waals surface area contributed by atoms with E-state index in [2.05, 4.69) is 49.7 Å². The molecule has 0 N–H and O–H groups in total. The minimum Gasteiger partial charge on any atom is -0.541 e. The molecule has 36 heavy (non-hydrogen) atoms. The number of likely N-dealkylation sites (N-methyl/N-ethyl adjacent to an activating group) is 3. The van der Waals surface area contributed by atoms with Crippen molar-refractivity contribution in [2.24, 2.45) is 5.92 Å². The van der Waals surface area contributed by atoms with Crippen LogP contribution in [0.4, 0.5) is 0 Å². The second kappa shape index (κ2) is 32.2. The third kappa shape index (κ3) is 25.7. The van der Waals surface area contributed by atoms with Crippen molar-refractivity contribution in [1.29, 1.82) is 0 Å². The van der Waals surface area contributed by atoms with Crippen LogP contribution in [0.3, 0.4) is 0 Å². The van der Waals surface area contributed by atoms with E-state index < -0.39 is 6.04 Å². The zero-order chi connectivity index (χ0) is 26.7. The Kier molecular flexibility index (Phi) is 46.1. The molecule has 0 aliphatic rings. The van der Waals surface area contributed by atoms with Crippen LogP contribution in [0, 0.1) is 5.92 Å². The van der Waals surface area contributed by atoms with Gasteiger partial charge in [0.15, 0.2) is 0 Å². The van der Waals surface area contributed by atoms with E-state index in [1.54, 1.807) is 30.1 Å². The molecule has 0 aromatic rings. The van der Waals surface area contributed by atoms with Gasteiger partial charge in [0.1, 0.15) is 0 Å². The van der Waals surface area contributed by atoms with Gasteiger partial charge in [-0.25, -0.2) is 12.6 Å². The van der Waals surface area contributed by atoms with Crippen molar-refractivity contribution < 1.29 is 117 Å². The Bertz CT molecular complexity index is 555. The Morgan fingerprint density at radius 1 is 0.694 bits per heavy atom. The number of hydrogen-bond donors (Lipinski definition) is 3. The van der Waals surface area contributed by atoms with E-state index in [0.717, 1.165) is 6.42 Å². The molecule has 1 amide bonds. The third-order valence-corrected chi connectivity index (χ3v) is 6.14. The molecule has 0 spiro atoms. The number of rotatable bonds is 13. The van der Waals surface area contributed by atoms with E-state index in [1.165, 1.54) is 4.90 Å². The number of carbonyl (C=O) groups is 1. The average Bonchev–Trinajstić information content (AvgIpc) is 2.77. The third-order valence-electron chi connectivity index (χ3n) is 5.01. The Labute approximate surface area is 312 Å². The average molecular weight is 791 g/mol. The molecule has 0 saturated heterocycles. The molecular formula is C22H43N4O4S3Y3-3. The summed E-state index contributed by atoms with van der Waals surface area (Å²) in [5.41, 5.74) is 0. The molecule has 5 unspecified atom stereocenters. The fourth-order valence-corrected chi connectivity index (χ4v) is 3.16. The van der Waals surface area contributed by atoms with Crippen LogP contribution < -0.4 is 0 Å². The normalized spacial score (nSPS) is 14.0. The van der Waals surface area contributed by atoms with Crippen LogP contribution in [0.2, 0.25) is 0 Å². The fourth-order valence-electron chi connectivity index (χ4n) is 2.06. The molecule has 5 atom stereocenters. The molecular weight excluding hydrogens is 747 g/mol. The van der Waals surface area contributed by atoms with Gasteiger partial charge in [0.2, 0.25) is 5.91 Å². The van der Waals surface area contributed by atoms with Crippen LogP contribution >= 0.6 is 37.9 Å². The second-order valence-electron chi connectivity index (χ2n) is 8.23. The summed E-state index contributed by atoms with van der Waals surface area (Å²) < 4.78 is 0. The van der Waals surface area contributed by atoms with E-state index in [0.29, 0.717) is 23.3 Å². The van der Waals surface area contributed by atoms with Gasteiger partial charge >= 0.3 is 0 Å². The van der Waals surface area contributed by atoms with Crippen LogP contribution in [-0.2, 0) is 117 Å². The number of thiol groups is 3. The SMILES string of the molecule is CC(CC([C-]=O)CS)N(C)C.CC([C-]=O)N(C)C(=O)C(CS)N(C)C.CN(C)C([C-]=O)CS.[Y].[Y].[Y]. The van der Waals surface area contributed by atoms with Gasteiger partial charge in [-0.2, -0.15) is 37.9 Å². The molecule has 14 heteroatoms. The predicted octanol–water partition coefficient (Wildman–Crippen LogP) is 0.734. The molecule has 205 valence electrons. The topological polar surface area (TPSA) is 81.2 Å². The minimum absolute atomic E-state index is 0. The molecule has 0 heterocycles. The summed E-state index contributed by atoms with van der Waals surface area (Å²) in [5, 5.41) is 0. The van der Waals surface area contributed by atoms with Gasteiger partial charge in [-0.3, -0.25) is 16.0 Å². The number of carbonyl (C=O) groups excluding carboxylic acids is 4. The number of nitrogens with zero attached hydrogens (tertiary/aromatic N) is 4. The number of amides is 1. The number of hydrogen-bond acceptors (Lipinski definition) is 10. The molecule has 0 aliphatic carbocycles. The first-order valence-electron chi connectivity index (χ1n) is 10.5. The van der Waals surface area contributed by atoms with Crippen LogP contribution in [0.15, 0.2) is 0 Å². The first-order valence-corrected chi connectivity index (χ1v) is 12.4. The first kappa shape index (κ1) is 51.5. The van der Waals surface area contributed by atoms with Crippen molar-refractivity contribution >= 4 is 62.7 Å². The van der Waals surface area contributed by atoms with Crippen molar-refractivity contribution in [3.8, 4) is 0 Å². The van der Waals surface area contributed by atoms with Gasteiger partial charge in [0.25, 0.3) is 0 Å². The zero-order valence-corrected chi connectivity index (χ0v) is 34.4. The van der Waals surface area contributed by atoms with Crippen LogP contribution in [0.25, 0.3) is 0 Å². The van der Waals surface area contributed by atoms with Gasteiger partial charge in [-0.1, -0.05) is 25.4 Å². The largest absolute Gasteiger partial charge is 0.541 e. The molecule has 0 aromatic heterocycles. The van der Waals surface area contributed by atoms with Crippen LogP contribution in [-0.4, -0.2) is 135 Å². The quantitative estimate of drug-likeness (QED) is 0.188. The Morgan fingerprint density at radius 3 is 1.36 bits per heavy atom. The van der Waals surface area contributed by atoms with Crippen molar-refractivity contribution in [3.05, 3.63) is 0 Å². The second-order valence-corrected chi connectivity index (χ2v) is 9.33. The molecule has 0 aliphatic heterocycles. The fraction of sp³-hybridized carbons (Fsp3) is 0.818. The van der Waals surface area contributed by atoms with Crippen molar-refractivity contribution in [3.63, 3.8) is 0 Å². The maximum Gasteiger partial charge on any atom is 0.238 e. The summed E-state index contributed by atoms with van der Waals surface area (Å²) in [7, 11) is 12.9. The van der Waals surface area contributed by atoms with Crippen LogP contribution in [0.1, 0.15) is 20.3 Å². The van der Waals surface area contributed by atoms with Crippen molar-refractivity contribution in [1.82, 2.24) is 19.6 Å². The van der Waals surface area contributed by atoms with E-state index in [9.17, 15) is 19.2 Å². The van der Waals surface area contributed by atoms with Gasteiger partial charge in [-0.15, -0.1) is 5.92 Å². The van der Waals surface area contributed by atoms with Gasteiger partial charge in [-0.05, 0) is 60.7 Å². The predicted molar refractivity (Wildman–Crippen MR) is 147 cm³/mol. The summed E-state index contributed by atoms with van der Waals surface area (Å²) in [4.78, 5) is 49.4. The maximum atomic E-state index is 11.8. The standard InChI is InChI=1S/C9H17N2O2S.C8H16NOS.C5H10NOS.3Y/c1-7(5-12)11(4)9(13)8(6-14)10(2)3;1-7(9(2)3)4-8(5-10)6-11;1-6(2)5(3-7)4-8;;;/h7-8,14H,6H2,1-4H3;7-8,11H,4,6H2,1-3H3;5,8H,4H2,1-2H3;;;/q3*-1;;;. The molecule has 8 nitrogen and oxygen atoms in total. The Hall–Kier alpha value is 2.72. The smallest absolute Gasteiger partial charge is 0.238 e. The monoisotopic (exact) mass is 790 g/mol. The van der Waals surface area contributed by atoms with Crippen molar-refractivity contribution in [2.45, 2.75) is 44.4 Å². The Balaban J connectivity index is -0.0000000931. The van der Waals surface area contributed by atoms with Gasteiger partial charge < -0.3 is 29.1 Å². The minimum atomic E-state index is -0.509. The first-order chi connectivity index (χ1) is 15.3. The molecule has 3 radical (unpaired) electrons. The van der Waals surface area contributed by atoms with E-state index in [-0.39, 0.29) is 122 Å².